The van der Waals surface area contributed by atoms with Crippen molar-refractivity contribution in [3.05, 3.63) is 34.4 Å². The highest BCUT2D eigenvalue weighted by Crippen LogP contribution is 2.15. The second-order valence-electron chi connectivity index (χ2n) is 4.50. The molecule has 3 nitrogen and oxygen atoms in total. The fourth-order valence-corrected chi connectivity index (χ4v) is 2.04. The van der Waals surface area contributed by atoms with Gasteiger partial charge in [0.05, 0.1) is 6.61 Å². The maximum absolute atomic E-state index is 12.0. The highest BCUT2D eigenvalue weighted by Gasteiger charge is 2.12. The Morgan fingerprint density at radius 2 is 1.84 bits per heavy atom. The van der Waals surface area contributed by atoms with E-state index in [1.807, 2.05) is 32.9 Å². The van der Waals surface area contributed by atoms with Gasteiger partial charge in [0.15, 0.2) is 0 Å². The normalized spacial score (nSPS) is 10.8. The van der Waals surface area contributed by atoms with Crippen molar-refractivity contribution in [1.29, 1.82) is 0 Å². The van der Waals surface area contributed by atoms with Crippen LogP contribution < -0.4 is 5.32 Å². The van der Waals surface area contributed by atoms with Crippen LogP contribution in [0.5, 0.6) is 0 Å². The summed E-state index contributed by atoms with van der Waals surface area (Å²) in [6.07, 6.45) is -2.47. The third-order valence-corrected chi connectivity index (χ3v) is 2.68. The van der Waals surface area contributed by atoms with E-state index in [1.165, 1.54) is 0 Å². The topological polar surface area (TPSA) is 38.3 Å². The summed E-state index contributed by atoms with van der Waals surface area (Å²) in [7, 11) is 0. The third kappa shape index (κ3) is 4.95. The number of carbonyl (C=O) groups excluding carboxylic acids is 1. The van der Waals surface area contributed by atoms with Crippen molar-refractivity contribution in [2.45, 2.75) is 27.2 Å². The summed E-state index contributed by atoms with van der Waals surface area (Å²) in [5.74, 6) is -0.198. The van der Waals surface area contributed by atoms with Crippen molar-refractivity contribution in [3.63, 3.8) is 0 Å². The van der Waals surface area contributed by atoms with Crippen molar-refractivity contribution in [3.8, 4) is 0 Å². The number of benzene rings is 1. The molecule has 0 aliphatic rings. The molecule has 0 aromatic heterocycles. The molecule has 0 bridgehead atoms. The number of carbonyl (C=O) groups is 1. The average molecular weight is 271 g/mol. The summed E-state index contributed by atoms with van der Waals surface area (Å²) >= 11 is 0. The summed E-state index contributed by atoms with van der Waals surface area (Å²) in [6, 6.07) is 3.88. The molecule has 0 spiro atoms. The lowest BCUT2D eigenvalue weighted by atomic mass is 9.99. The standard InChI is InChI=1S/C14H19F2NO2/c1-9-6-10(2)13(11(3)7-9)14(18)17-4-5-19-8-12(15)16/h6-7,12H,4-5,8H2,1-3H3,(H,17,18). The molecule has 1 N–H and O–H groups in total. The first kappa shape index (κ1) is 15.6. The highest BCUT2D eigenvalue weighted by molar-refractivity contribution is 5.97. The summed E-state index contributed by atoms with van der Waals surface area (Å²) < 4.78 is 28.3. The number of amides is 1. The van der Waals surface area contributed by atoms with E-state index in [2.05, 4.69) is 5.32 Å². The van der Waals surface area contributed by atoms with Gasteiger partial charge >= 0.3 is 0 Å². The minimum absolute atomic E-state index is 0.0834. The van der Waals surface area contributed by atoms with E-state index < -0.39 is 13.0 Å². The first-order chi connectivity index (χ1) is 8.91. The van der Waals surface area contributed by atoms with Gasteiger partial charge in [0.1, 0.15) is 6.61 Å². The van der Waals surface area contributed by atoms with E-state index in [4.69, 9.17) is 4.74 Å². The van der Waals surface area contributed by atoms with Crippen LogP contribution in [0.3, 0.4) is 0 Å². The Balaban J connectivity index is 2.50. The Labute approximate surface area is 112 Å². The first-order valence-electron chi connectivity index (χ1n) is 6.13. The maximum Gasteiger partial charge on any atom is 0.261 e. The SMILES string of the molecule is Cc1cc(C)c(C(=O)NCCOCC(F)F)c(C)c1. The molecule has 5 heteroatoms. The summed E-state index contributed by atoms with van der Waals surface area (Å²) in [6.45, 7) is 5.43. The molecule has 106 valence electrons. The van der Waals surface area contributed by atoms with Crippen molar-refractivity contribution >= 4 is 5.91 Å². The summed E-state index contributed by atoms with van der Waals surface area (Å²) in [4.78, 5) is 12.0. The third-order valence-electron chi connectivity index (χ3n) is 2.68. The van der Waals surface area contributed by atoms with Gasteiger partial charge in [-0.3, -0.25) is 4.79 Å². The van der Waals surface area contributed by atoms with Crippen LogP contribution in [-0.2, 0) is 4.74 Å². The predicted molar refractivity (Wildman–Crippen MR) is 69.8 cm³/mol. The second kappa shape index (κ2) is 7.19. The zero-order chi connectivity index (χ0) is 14.4. The molecule has 0 aliphatic heterocycles. The average Bonchev–Trinajstić information content (AvgIpc) is 2.26. The van der Waals surface area contributed by atoms with E-state index in [0.29, 0.717) is 5.56 Å². The lowest BCUT2D eigenvalue weighted by molar-refractivity contribution is 0.0188. The molecule has 0 aliphatic carbocycles. The summed E-state index contributed by atoms with van der Waals surface area (Å²) in [5, 5.41) is 2.66. The van der Waals surface area contributed by atoms with Crippen LogP contribution in [0.2, 0.25) is 0 Å². The van der Waals surface area contributed by atoms with Crippen LogP contribution in [0.15, 0.2) is 12.1 Å². The van der Waals surface area contributed by atoms with Crippen molar-refractivity contribution in [1.82, 2.24) is 5.32 Å². The molecule has 0 fully saturated rings. The van der Waals surface area contributed by atoms with E-state index in [9.17, 15) is 13.6 Å². The van der Waals surface area contributed by atoms with Gasteiger partial charge in [-0.2, -0.15) is 0 Å². The van der Waals surface area contributed by atoms with Crippen molar-refractivity contribution in [2.24, 2.45) is 0 Å². The molecular weight excluding hydrogens is 252 g/mol. The van der Waals surface area contributed by atoms with Gasteiger partial charge in [0.25, 0.3) is 12.3 Å². The number of rotatable bonds is 6. The van der Waals surface area contributed by atoms with E-state index in [0.717, 1.165) is 16.7 Å². The zero-order valence-corrected chi connectivity index (χ0v) is 11.4. The number of alkyl halides is 2. The molecule has 1 aromatic rings. The van der Waals surface area contributed by atoms with Gasteiger partial charge in [-0.25, -0.2) is 8.78 Å². The summed E-state index contributed by atoms with van der Waals surface area (Å²) in [5.41, 5.74) is 3.55. The minimum Gasteiger partial charge on any atom is -0.374 e. The van der Waals surface area contributed by atoms with Gasteiger partial charge in [-0.15, -0.1) is 0 Å². The molecule has 1 amide bonds. The van der Waals surface area contributed by atoms with Crippen LogP contribution in [-0.4, -0.2) is 32.1 Å². The monoisotopic (exact) mass is 271 g/mol. The number of nitrogens with one attached hydrogen (secondary N) is 1. The largest absolute Gasteiger partial charge is 0.374 e. The van der Waals surface area contributed by atoms with Gasteiger partial charge in [0, 0.05) is 12.1 Å². The van der Waals surface area contributed by atoms with E-state index in [-0.39, 0.29) is 19.1 Å². The smallest absolute Gasteiger partial charge is 0.261 e. The Morgan fingerprint density at radius 3 is 2.37 bits per heavy atom. The number of halogens is 2. The van der Waals surface area contributed by atoms with Crippen LogP contribution in [0, 0.1) is 20.8 Å². The molecular formula is C14H19F2NO2. The van der Waals surface area contributed by atoms with Gasteiger partial charge in [0.2, 0.25) is 0 Å². The minimum atomic E-state index is -2.47. The van der Waals surface area contributed by atoms with Gasteiger partial charge in [-0.1, -0.05) is 17.7 Å². The lowest BCUT2D eigenvalue weighted by Gasteiger charge is -2.11. The molecule has 19 heavy (non-hydrogen) atoms. The number of hydrogen-bond donors (Lipinski definition) is 1. The lowest BCUT2D eigenvalue weighted by Crippen LogP contribution is -2.29. The molecule has 0 saturated heterocycles. The van der Waals surface area contributed by atoms with Crippen LogP contribution >= 0.6 is 0 Å². The first-order valence-corrected chi connectivity index (χ1v) is 6.13. The quantitative estimate of drug-likeness (QED) is 0.808. The molecule has 1 rings (SSSR count). The molecule has 0 unspecified atom stereocenters. The zero-order valence-electron chi connectivity index (χ0n) is 11.4. The maximum atomic E-state index is 12.0. The Kier molecular flexibility index (Phi) is 5.89. The van der Waals surface area contributed by atoms with Crippen molar-refractivity contribution in [2.75, 3.05) is 19.8 Å². The van der Waals surface area contributed by atoms with E-state index >= 15 is 0 Å². The molecule has 0 atom stereocenters. The van der Waals surface area contributed by atoms with Crippen LogP contribution in [0.1, 0.15) is 27.0 Å². The molecule has 0 radical (unpaired) electrons. The number of aryl methyl sites for hydroxylation is 3. The fraction of sp³-hybridized carbons (Fsp3) is 0.500. The second-order valence-corrected chi connectivity index (χ2v) is 4.50. The number of ether oxygens (including phenoxy) is 1. The van der Waals surface area contributed by atoms with Crippen molar-refractivity contribution < 1.29 is 18.3 Å². The van der Waals surface area contributed by atoms with Gasteiger partial charge < -0.3 is 10.1 Å². The molecule has 0 saturated carbocycles. The van der Waals surface area contributed by atoms with E-state index in [1.54, 1.807) is 0 Å². The van der Waals surface area contributed by atoms with Crippen LogP contribution in [0.4, 0.5) is 8.78 Å². The molecule has 1 aromatic carbocycles. The van der Waals surface area contributed by atoms with Crippen LogP contribution in [0.25, 0.3) is 0 Å². The molecule has 0 heterocycles. The Morgan fingerprint density at radius 1 is 1.26 bits per heavy atom. The fourth-order valence-electron chi connectivity index (χ4n) is 2.04. The Bertz CT molecular complexity index is 424. The van der Waals surface area contributed by atoms with Gasteiger partial charge in [-0.05, 0) is 31.9 Å². The number of hydrogen-bond acceptors (Lipinski definition) is 2. The highest BCUT2D eigenvalue weighted by atomic mass is 19.3. The Hall–Kier alpha value is -1.49. The predicted octanol–water partition coefficient (Wildman–Crippen LogP) is 2.62.